The van der Waals surface area contributed by atoms with Crippen molar-refractivity contribution in [3.8, 4) is 0 Å². The molecule has 122 valence electrons. The van der Waals surface area contributed by atoms with E-state index in [0.717, 1.165) is 20.9 Å². The van der Waals surface area contributed by atoms with Gasteiger partial charge in [-0.15, -0.1) is 11.3 Å². The molecule has 3 rings (SSSR count). The Kier molecular flexibility index (Phi) is 4.34. The van der Waals surface area contributed by atoms with Gasteiger partial charge in [-0.1, -0.05) is 17.7 Å². The zero-order chi connectivity index (χ0) is 17.4. The van der Waals surface area contributed by atoms with Crippen LogP contribution < -0.4 is 10.2 Å². The highest BCUT2D eigenvalue weighted by atomic mass is 32.1. The number of anilines is 1. The maximum atomic E-state index is 12.9. The van der Waals surface area contributed by atoms with Gasteiger partial charge in [0.05, 0.1) is 5.69 Å². The van der Waals surface area contributed by atoms with Gasteiger partial charge in [-0.3, -0.25) is 19.8 Å². The fourth-order valence-corrected chi connectivity index (χ4v) is 3.70. The van der Waals surface area contributed by atoms with Crippen LogP contribution in [0.5, 0.6) is 0 Å². The van der Waals surface area contributed by atoms with Crippen molar-refractivity contribution in [1.29, 1.82) is 0 Å². The molecule has 1 fully saturated rings. The van der Waals surface area contributed by atoms with E-state index in [1.165, 1.54) is 16.2 Å². The van der Waals surface area contributed by atoms with Gasteiger partial charge in [-0.25, -0.2) is 0 Å². The molecule has 0 spiro atoms. The van der Waals surface area contributed by atoms with Gasteiger partial charge in [0.1, 0.15) is 5.57 Å². The fraction of sp³-hybridized carbons (Fsp3) is 0.167. The molecule has 4 nitrogen and oxygen atoms in total. The number of aryl methyl sites for hydroxylation is 3. The Morgan fingerprint density at radius 3 is 2.50 bits per heavy atom. The van der Waals surface area contributed by atoms with Crippen LogP contribution in [0.15, 0.2) is 35.9 Å². The zero-order valence-electron chi connectivity index (χ0n) is 13.5. The lowest BCUT2D eigenvalue weighted by Crippen LogP contribution is -2.54. The first-order valence-corrected chi connectivity index (χ1v) is 8.64. The Balaban J connectivity index is 2.04. The summed E-state index contributed by atoms with van der Waals surface area (Å²) in [6.07, 6.45) is 1.62. The normalized spacial score (nSPS) is 16.7. The van der Waals surface area contributed by atoms with Gasteiger partial charge in [-0.2, -0.15) is 0 Å². The van der Waals surface area contributed by atoms with Crippen LogP contribution >= 0.6 is 23.6 Å². The SMILES string of the molecule is Cc1ccc(N2C(=O)C(=Cc3ccc(C)s3)C(=O)NC2=S)c(C)c1. The van der Waals surface area contributed by atoms with Crippen LogP contribution in [0.4, 0.5) is 5.69 Å². The van der Waals surface area contributed by atoms with Crippen molar-refractivity contribution in [2.75, 3.05) is 4.90 Å². The van der Waals surface area contributed by atoms with Gasteiger partial charge in [0.2, 0.25) is 0 Å². The molecule has 1 N–H and O–H groups in total. The average molecular weight is 356 g/mol. The number of nitrogens with zero attached hydrogens (tertiary/aromatic N) is 1. The predicted molar refractivity (Wildman–Crippen MR) is 101 cm³/mol. The number of hydrogen-bond acceptors (Lipinski definition) is 4. The van der Waals surface area contributed by atoms with Crippen molar-refractivity contribution in [2.45, 2.75) is 20.8 Å². The molecule has 0 aliphatic carbocycles. The fourth-order valence-electron chi connectivity index (χ4n) is 2.61. The third kappa shape index (κ3) is 3.02. The van der Waals surface area contributed by atoms with Crippen LogP contribution in [-0.2, 0) is 9.59 Å². The van der Waals surface area contributed by atoms with Crippen LogP contribution in [0.25, 0.3) is 6.08 Å². The zero-order valence-corrected chi connectivity index (χ0v) is 15.2. The maximum Gasteiger partial charge on any atom is 0.270 e. The van der Waals surface area contributed by atoms with E-state index in [4.69, 9.17) is 12.2 Å². The highest BCUT2D eigenvalue weighted by molar-refractivity contribution is 7.80. The lowest BCUT2D eigenvalue weighted by atomic mass is 10.1. The molecule has 24 heavy (non-hydrogen) atoms. The monoisotopic (exact) mass is 356 g/mol. The van der Waals surface area contributed by atoms with Crippen molar-refractivity contribution in [3.05, 3.63) is 56.8 Å². The lowest BCUT2D eigenvalue weighted by molar-refractivity contribution is -0.122. The van der Waals surface area contributed by atoms with Gasteiger partial charge in [0, 0.05) is 9.75 Å². The van der Waals surface area contributed by atoms with Crippen LogP contribution in [-0.4, -0.2) is 16.9 Å². The minimum absolute atomic E-state index is 0.0884. The van der Waals surface area contributed by atoms with Crippen LogP contribution in [0.1, 0.15) is 20.9 Å². The Labute approximate surface area is 149 Å². The first kappa shape index (κ1) is 16.5. The molecule has 1 aliphatic heterocycles. The third-order valence-electron chi connectivity index (χ3n) is 3.74. The molecule has 0 atom stereocenters. The van der Waals surface area contributed by atoms with Crippen molar-refractivity contribution in [2.24, 2.45) is 0 Å². The number of benzene rings is 1. The second-order valence-corrected chi connectivity index (χ2v) is 7.40. The molecule has 0 saturated carbocycles. The molecule has 0 bridgehead atoms. The molecule has 0 unspecified atom stereocenters. The number of nitrogens with one attached hydrogen (secondary N) is 1. The van der Waals surface area contributed by atoms with E-state index in [1.54, 1.807) is 6.08 Å². The van der Waals surface area contributed by atoms with Crippen LogP contribution in [0.3, 0.4) is 0 Å². The Hall–Kier alpha value is -2.31. The molecular weight excluding hydrogens is 340 g/mol. The standard InChI is InChI=1S/C18H16N2O2S2/c1-10-4-7-15(11(2)8-10)20-17(22)14(16(21)19-18(20)23)9-13-6-5-12(3)24-13/h4-9H,1-3H3,(H,19,21,23). The topological polar surface area (TPSA) is 49.4 Å². The average Bonchev–Trinajstić information content (AvgIpc) is 2.91. The largest absolute Gasteiger partial charge is 0.298 e. The Morgan fingerprint density at radius 1 is 1.12 bits per heavy atom. The van der Waals surface area contributed by atoms with E-state index >= 15 is 0 Å². The minimum atomic E-state index is -0.461. The van der Waals surface area contributed by atoms with Crippen molar-refractivity contribution in [1.82, 2.24) is 5.32 Å². The summed E-state index contributed by atoms with van der Waals surface area (Å²) in [5.74, 6) is -0.862. The molecule has 2 aromatic rings. The second-order valence-electron chi connectivity index (χ2n) is 5.70. The summed E-state index contributed by atoms with van der Waals surface area (Å²) < 4.78 is 0. The van der Waals surface area contributed by atoms with Crippen LogP contribution in [0, 0.1) is 20.8 Å². The molecule has 0 radical (unpaired) electrons. The van der Waals surface area contributed by atoms with E-state index in [1.807, 2.05) is 51.1 Å². The molecule has 1 aromatic carbocycles. The van der Waals surface area contributed by atoms with Gasteiger partial charge in [-0.05, 0) is 62.8 Å². The lowest BCUT2D eigenvalue weighted by Gasteiger charge is -2.30. The summed E-state index contributed by atoms with van der Waals surface area (Å²) in [7, 11) is 0. The predicted octanol–water partition coefficient (Wildman–Crippen LogP) is 3.50. The van der Waals surface area contributed by atoms with Crippen molar-refractivity contribution >= 4 is 52.2 Å². The Bertz CT molecular complexity index is 896. The third-order valence-corrected chi connectivity index (χ3v) is 4.97. The second kappa shape index (κ2) is 6.30. The maximum absolute atomic E-state index is 12.9. The van der Waals surface area contributed by atoms with Gasteiger partial charge >= 0.3 is 0 Å². The van der Waals surface area contributed by atoms with Crippen molar-refractivity contribution in [3.63, 3.8) is 0 Å². The molecule has 1 aliphatic rings. The van der Waals surface area contributed by atoms with E-state index in [-0.39, 0.29) is 10.7 Å². The molecule has 6 heteroatoms. The van der Waals surface area contributed by atoms with E-state index in [9.17, 15) is 9.59 Å². The Morgan fingerprint density at radius 2 is 1.88 bits per heavy atom. The summed E-state index contributed by atoms with van der Waals surface area (Å²) in [5, 5.41) is 2.72. The van der Waals surface area contributed by atoms with E-state index in [2.05, 4.69) is 5.32 Å². The first-order chi connectivity index (χ1) is 11.4. The number of carbonyl (C=O) groups is 2. The quantitative estimate of drug-likeness (QED) is 0.509. The molecular formula is C18H16N2O2S2. The number of amides is 2. The first-order valence-electron chi connectivity index (χ1n) is 7.42. The van der Waals surface area contributed by atoms with Gasteiger partial charge < -0.3 is 0 Å². The number of thiophene rings is 1. The van der Waals surface area contributed by atoms with Gasteiger partial charge in [0.25, 0.3) is 11.8 Å². The number of hydrogen-bond donors (Lipinski definition) is 1. The number of rotatable bonds is 2. The highest BCUT2D eigenvalue weighted by Crippen LogP contribution is 2.27. The summed E-state index contributed by atoms with van der Waals surface area (Å²) in [5.41, 5.74) is 2.79. The van der Waals surface area contributed by atoms with E-state index in [0.29, 0.717) is 5.69 Å². The summed E-state index contributed by atoms with van der Waals surface area (Å²) >= 11 is 6.75. The van der Waals surface area contributed by atoms with Crippen LogP contribution in [0.2, 0.25) is 0 Å². The molecule has 1 saturated heterocycles. The highest BCUT2D eigenvalue weighted by Gasteiger charge is 2.35. The summed E-state index contributed by atoms with van der Waals surface area (Å²) in [4.78, 5) is 28.5. The molecule has 2 heterocycles. The van der Waals surface area contributed by atoms with E-state index < -0.39 is 11.8 Å². The molecule has 2 amide bonds. The minimum Gasteiger partial charge on any atom is -0.298 e. The smallest absolute Gasteiger partial charge is 0.270 e. The van der Waals surface area contributed by atoms with Crippen molar-refractivity contribution < 1.29 is 9.59 Å². The summed E-state index contributed by atoms with van der Waals surface area (Å²) in [6.45, 7) is 5.88. The molecule has 1 aromatic heterocycles. The number of carbonyl (C=O) groups excluding carboxylic acids is 2. The van der Waals surface area contributed by atoms with Gasteiger partial charge in [0.15, 0.2) is 5.11 Å². The number of thiocarbonyl (C=S) groups is 1. The summed E-state index contributed by atoms with van der Waals surface area (Å²) in [6, 6.07) is 9.59.